The molecule has 0 aromatic carbocycles. The molecule has 2 N–H and O–H groups in total. The second kappa shape index (κ2) is 5.36. The van der Waals surface area contributed by atoms with Crippen LogP contribution in [0.4, 0.5) is 0 Å². The van der Waals surface area contributed by atoms with Crippen LogP contribution >= 0.6 is 0 Å². The Kier molecular flexibility index (Phi) is 4.09. The molecule has 0 amide bonds. The summed E-state index contributed by atoms with van der Waals surface area (Å²) >= 11 is 0. The van der Waals surface area contributed by atoms with Crippen molar-refractivity contribution in [2.45, 2.75) is 6.54 Å². The second-order valence-electron chi connectivity index (χ2n) is 2.61. The lowest BCUT2D eigenvalue weighted by molar-refractivity contribution is 0.0686. The third-order valence-corrected chi connectivity index (χ3v) is 1.56. The first-order chi connectivity index (χ1) is 6.74. The van der Waals surface area contributed by atoms with Gasteiger partial charge in [0.25, 0.3) is 0 Å². The number of hydrogen-bond donors (Lipinski definition) is 2. The molecule has 0 saturated carbocycles. The van der Waals surface area contributed by atoms with Gasteiger partial charge in [0.15, 0.2) is 5.69 Å². The van der Waals surface area contributed by atoms with E-state index in [0.29, 0.717) is 13.2 Å². The minimum Gasteiger partial charge on any atom is -0.476 e. The van der Waals surface area contributed by atoms with Gasteiger partial charge in [-0.05, 0) is 6.07 Å². The van der Waals surface area contributed by atoms with E-state index < -0.39 is 5.97 Å². The average molecular weight is 200 g/mol. The van der Waals surface area contributed by atoms with E-state index in [9.17, 15) is 4.79 Å². The number of aliphatic hydroxyl groups excluding tert-OH is 1. The molecule has 0 atom stereocenters. The maximum Gasteiger partial charge on any atom is 0.356 e. The van der Waals surface area contributed by atoms with Crippen LogP contribution < -0.4 is 0 Å². The van der Waals surface area contributed by atoms with Crippen LogP contribution in [-0.2, 0) is 11.3 Å². The van der Waals surface area contributed by atoms with E-state index >= 15 is 0 Å². The highest BCUT2D eigenvalue weighted by atomic mass is 16.5. The quantitative estimate of drug-likeness (QED) is 0.610. The van der Waals surface area contributed by atoms with Gasteiger partial charge in [0.05, 0.1) is 26.4 Å². The van der Waals surface area contributed by atoms with E-state index in [2.05, 4.69) is 5.10 Å². The van der Waals surface area contributed by atoms with Crippen LogP contribution in [-0.4, -0.2) is 45.8 Å². The van der Waals surface area contributed by atoms with Crippen molar-refractivity contribution in [2.75, 3.05) is 19.8 Å². The first kappa shape index (κ1) is 10.7. The first-order valence-electron chi connectivity index (χ1n) is 4.19. The molecular weight excluding hydrogens is 188 g/mol. The van der Waals surface area contributed by atoms with Crippen molar-refractivity contribution in [2.24, 2.45) is 0 Å². The smallest absolute Gasteiger partial charge is 0.356 e. The molecule has 0 radical (unpaired) electrons. The summed E-state index contributed by atoms with van der Waals surface area (Å²) in [5, 5.41) is 20.8. The molecule has 0 spiro atoms. The van der Waals surface area contributed by atoms with E-state index in [4.69, 9.17) is 14.9 Å². The van der Waals surface area contributed by atoms with Crippen LogP contribution in [0.15, 0.2) is 12.3 Å². The number of carboxylic acid groups (broad SMARTS) is 1. The number of aromatic nitrogens is 2. The number of carboxylic acids is 1. The van der Waals surface area contributed by atoms with Crippen molar-refractivity contribution >= 4 is 5.97 Å². The molecule has 1 aromatic rings. The molecule has 1 heterocycles. The molecule has 0 saturated heterocycles. The Hall–Kier alpha value is -1.40. The lowest BCUT2D eigenvalue weighted by atomic mass is 10.5. The maximum absolute atomic E-state index is 10.5. The van der Waals surface area contributed by atoms with Gasteiger partial charge in [-0.2, -0.15) is 5.10 Å². The molecule has 0 aliphatic carbocycles. The minimum absolute atomic E-state index is 0.0144. The van der Waals surface area contributed by atoms with Crippen LogP contribution in [0.5, 0.6) is 0 Å². The van der Waals surface area contributed by atoms with Crippen molar-refractivity contribution in [1.29, 1.82) is 0 Å². The third-order valence-electron chi connectivity index (χ3n) is 1.56. The number of hydrogen-bond acceptors (Lipinski definition) is 4. The van der Waals surface area contributed by atoms with Gasteiger partial charge in [0.1, 0.15) is 0 Å². The molecular formula is C8H12N2O4. The van der Waals surface area contributed by atoms with Crippen LogP contribution in [0.2, 0.25) is 0 Å². The first-order valence-corrected chi connectivity index (χ1v) is 4.19. The van der Waals surface area contributed by atoms with Crippen LogP contribution in [0.1, 0.15) is 10.5 Å². The van der Waals surface area contributed by atoms with Gasteiger partial charge in [-0.25, -0.2) is 4.79 Å². The van der Waals surface area contributed by atoms with E-state index in [0.717, 1.165) is 0 Å². The van der Waals surface area contributed by atoms with Gasteiger partial charge >= 0.3 is 5.97 Å². The Labute approximate surface area is 80.7 Å². The number of ether oxygens (including phenoxy) is 1. The molecule has 0 unspecified atom stereocenters. The topological polar surface area (TPSA) is 84.6 Å². The molecule has 0 aliphatic rings. The van der Waals surface area contributed by atoms with Crippen molar-refractivity contribution in [3.63, 3.8) is 0 Å². The Morgan fingerprint density at radius 2 is 2.36 bits per heavy atom. The summed E-state index contributed by atoms with van der Waals surface area (Å²) in [4.78, 5) is 10.5. The number of nitrogens with zero attached hydrogens (tertiary/aromatic N) is 2. The highest BCUT2D eigenvalue weighted by Crippen LogP contribution is 1.95. The second-order valence-corrected chi connectivity index (χ2v) is 2.61. The van der Waals surface area contributed by atoms with E-state index in [-0.39, 0.29) is 18.9 Å². The summed E-state index contributed by atoms with van der Waals surface area (Å²) in [7, 11) is 0. The van der Waals surface area contributed by atoms with Gasteiger partial charge in [-0.1, -0.05) is 0 Å². The number of aliphatic hydroxyl groups is 1. The molecule has 6 heteroatoms. The molecule has 14 heavy (non-hydrogen) atoms. The highest BCUT2D eigenvalue weighted by molar-refractivity contribution is 5.84. The average Bonchev–Trinajstić information content (AvgIpc) is 2.61. The molecule has 1 aromatic heterocycles. The zero-order chi connectivity index (χ0) is 10.4. The fourth-order valence-corrected chi connectivity index (χ4v) is 0.925. The lowest BCUT2D eigenvalue weighted by Gasteiger charge is -2.01. The van der Waals surface area contributed by atoms with E-state index in [1.165, 1.54) is 10.7 Å². The summed E-state index contributed by atoms with van der Waals surface area (Å²) in [6.07, 6.45) is 1.58. The Balaban J connectivity index is 2.33. The fourth-order valence-electron chi connectivity index (χ4n) is 0.925. The summed E-state index contributed by atoms with van der Waals surface area (Å²) in [5.74, 6) is -1.04. The molecule has 1 rings (SSSR count). The molecule has 6 nitrogen and oxygen atoms in total. The predicted octanol–water partition coefficient (Wildman–Crippen LogP) is -0.410. The standard InChI is InChI=1S/C8H12N2O4/c11-4-6-14-5-3-10-2-1-7(9-10)8(12)13/h1-2,11H,3-6H2,(H,12,13). The van der Waals surface area contributed by atoms with Crippen LogP contribution in [0.3, 0.4) is 0 Å². The van der Waals surface area contributed by atoms with Crippen LogP contribution in [0, 0.1) is 0 Å². The zero-order valence-electron chi connectivity index (χ0n) is 7.59. The summed E-state index contributed by atoms with van der Waals surface area (Å²) < 4.78 is 6.49. The molecule has 0 bridgehead atoms. The monoisotopic (exact) mass is 200 g/mol. The Bertz CT molecular complexity index is 297. The van der Waals surface area contributed by atoms with Gasteiger partial charge in [0.2, 0.25) is 0 Å². The lowest BCUT2D eigenvalue weighted by Crippen LogP contribution is -2.09. The SMILES string of the molecule is O=C(O)c1ccn(CCOCCO)n1. The molecule has 78 valence electrons. The fraction of sp³-hybridized carbons (Fsp3) is 0.500. The Morgan fingerprint density at radius 3 is 2.93 bits per heavy atom. The minimum atomic E-state index is -1.04. The van der Waals surface area contributed by atoms with E-state index in [1.807, 2.05) is 0 Å². The largest absolute Gasteiger partial charge is 0.476 e. The molecule has 0 fully saturated rings. The van der Waals surface area contributed by atoms with Crippen molar-refractivity contribution in [3.8, 4) is 0 Å². The van der Waals surface area contributed by atoms with Crippen molar-refractivity contribution < 1.29 is 19.7 Å². The Morgan fingerprint density at radius 1 is 1.57 bits per heavy atom. The van der Waals surface area contributed by atoms with Gasteiger partial charge in [0, 0.05) is 6.20 Å². The molecule has 0 aliphatic heterocycles. The number of rotatable bonds is 6. The van der Waals surface area contributed by atoms with E-state index in [1.54, 1.807) is 6.20 Å². The number of aromatic carboxylic acids is 1. The van der Waals surface area contributed by atoms with Gasteiger partial charge in [-0.15, -0.1) is 0 Å². The summed E-state index contributed by atoms with van der Waals surface area (Å²) in [5.41, 5.74) is 0.0205. The predicted molar refractivity (Wildman–Crippen MR) is 47.1 cm³/mol. The van der Waals surface area contributed by atoms with Crippen LogP contribution in [0.25, 0.3) is 0 Å². The van der Waals surface area contributed by atoms with Crippen molar-refractivity contribution in [3.05, 3.63) is 18.0 Å². The van der Waals surface area contributed by atoms with Gasteiger partial charge in [-0.3, -0.25) is 4.68 Å². The summed E-state index contributed by atoms with van der Waals surface area (Å²) in [6, 6.07) is 1.42. The normalized spacial score (nSPS) is 10.4. The van der Waals surface area contributed by atoms with Gasteiger partial charge < -0.3 is 14.9 Å². The summed E-state index contributed by atoms with van der Waals surface area (Å²) in [6.45, 7) is 1.15. The third kappa shape index (κ3) is 3.15. The highest BCUT2D eigenvalue weighted by Gasteiger charge is 2.05. The zero-order valence-corrected chi connectivity index (χ0v) is 7.59. The van der Waals surface area contributed by atoms with Crippen molar-refractivity contribution in [1.82, 2.24) is 9.78 Å². The maximum atomic E-state index is 10.5. The number of carbonyl (C=O) groups is 1.